The number of hydrogen-bond donors (Lipinski definition) is 3. The summed E-state index contributed by atoms with van der Waals surface area (Å²) >= 11 is 11.7. The van der Waals surface area contributed by atoms with Crippen molar-refractivity contribution < 1.29 is 10.2 Å². The molecule has 20 heavy (non-hydrogen) atoms. The molecule has 0 aliphatic carbocycles. The van der Waals surface area contributed by atoms with Gasteiger partial charge in [-0.15, -0.1) is 0 Å². The Balaban J connectivity index is 2.38. The lowest BCUT2D eigenvalue weighted by Gasteiger charge is -2.08. The third-order valence-corrected chi connectivity index (χ3v) is 3.47. The normalized spacial score (nSPS) is 11.1. The summed E-state index contributed by atoms with van der Waals surface area (Å²) in [6, 6.07) is 7.28. The minimum atomic E-state index is -0.445. The molecule has 0 bridgehead atoms. The van der Waals surface area contributed by atoms with Gasteiger partial charge in [-0.3, -0.25) is 4.57 Å². The molecular weight excluding hydrogens is 303 g/mol. The predicted molar refractivity (Wildman–Crippen MR) is 77.2 cm³/mol. The summed E-state index contributed by atoms with van der Waals surface area (Å²) in [4.78, 5) is 14.7. The van der Waals surface area contributed by atoms with Crippen LogP contribution in [0.5, 0.6) is 11.5 Å². The predicted octanol–water partition coefficient (Wildman–Crippen LogP) is 3.04. The monoisotopic (exact) mass is 310 g/mol. The molecule has 0 radical (unpaired) electrons. The van der Waals surface area contributed by atoms with Crippen LogP contribution in [0, 0.1) is 0 Å². The van der Waals surface area contributed by atoms with Gasteiger partial charge in [0.25, 0.3) is 0 Å². The third-order valence-electron chi connectivity index (χ3n) is 2.93. The number of fused-ring (bicyclic) bond motifs is 1. The second kappa shape index (κ2) is 4.47. The number of imidazole rings is 1. The first-order valence-corrected chi connectivity index (χ1v) is 6.35. The number of rotatable bonds is 1. The quantitative estimate of drug-likeness (QED) is 0.646. The first-order valence-electron chi connectivity index (χ1n) is 5.59. The van der Waals surface area contributed by atoms with Crippen LogP contribution in [0.2, 0.25) is 10.0 Å². The van der Waals surface area contributed by atoms with Gasteiger partial charge in [-0.25, -0.2) is 4.79 Å². The Morgan fingerprint density at radius 2 is 1.80 bits per heavy atom. The number of aromatic nitrogens is 2. The molecule has 2 aromatic carbocycles. The van der Waals surface area contributed by atoms with Gasteiger partial charge in [0, 0.05) is 11.1 Å². The van der Waals surface area contributed by atoms with Gasteiger partial charge in [-0.1, -0.05) is 23.2 Å². The van der Waals surface area contributed by atoms with E-state index in [1.165, 1.54) is 10.6 Å². The van der Waals surface area contributed by atoms with E-state index in [4.69, 9.17) is 23.2 Å². The lowest BCUT2D eigenvalue weighted by atomic mass is 10.2. The molecule has 0 unspecified atom stereocenters. The highest BCUT2D eigenvalue weighted by Gasteiger charge is 2.14. The van der Waals surface area contributed by atoms with Crippen LogP contribution >= 0.6 is 23.2 Å². The van der Waals surface area contributed by atoms with Crippen LogP contribution in [0.3, 0.4) is 0 Å². The Bertz CT molecular complexity index is 883. The Hall–Kier alpha value is -2.11. The summed E-state index contributed by atoms with van der Waals surface area (Å²) in [5, 5.41) is 19.9. The molecule has 0 amide bonds. The molecule has 0 atom stereocenters. The van der Waals surface area contributed by atoms with Crippen LogP contribution in [0.25, 0.3) is 16.7 Å². The van der Waals surface area contributed by atoms with Gasteiger partial charge in [-0.2, -0.15) is 0 Å². The Labute approximate surface area is 122 Å². The van der Waals surface area contributed by atoms with E-state index < -0.39 is 5.69 Å². The lowest BCUT2D eigenvalue weighted by Crippen LogP contribution is -2.14. The van der Waals surface area contributed by atoms with E-state index in [0.29, 0.717) is 16.1 Å². The van der Waals surface area contributed by atoms with E-state index >= 15 is 0 Å². The highest BCUT2D eigenvalue weighted by molar-refractivity contribution is 6.32. The number of nitrogens with one attached hydrogen (secondary N) is 1. The summed E-state index contributed by atoms with van der Waals surface area (Å²) in [6.07, 6.45) is 0. The fraction of sp³-hybridized carbons (Fsp3) is 0. The van der Waals surface area contributed by atoms with Crippen molar-refractivity contribution in [1.29, 1.82) is 0 Å². The smallest absolute Gasteiger partial charge is 0.331 e. The maximum atomic E-state index is 12.0. The number of phenolic OH excluding ortho intramolecular Hbond substituents is 2. The number of aromatic amines is 1. The molecule has 102 valence electrons. The molecule has 0 saturated carbocycles. The van der Waals surface area contributed by atoms with E-state index in [-0.39, 0.29) is 22.2 Å². The van der Waals surface area contributed by atoms with E-state index in [1.54, 1.807) is 18.2 Å². The maximum Gasteiger partial charge on any atom is 0.331 e. The molecular formula is C13H8Cl2N2O3. The summed E-state index contributed by atoms with van der Waals surface area (Å²) in [5.41, 5.74) is 0.799. The van der Waals surface area contributed by atoms with Crippen LogP contribution in [0.15, 0.2) is 35.1 Å². The zero-order valence-electron chi connectivity index (χ0n) is 9.89. The fourth-order valence-electron chi connectivity index (χ4n) is 2.04. The second-order valence-electron chi connectivity index (χ2n) is 4.22. The first kappa shape index (κ1) is 12.9. The number of aromatic hydroxyl groups is 2. The molecule has 0 spiro atoms. The fourth-order valence-corrected chi connectivity index (χ4v) is 2.37. The van der Waals surface area contributed by atoms with Crippen LogP contribution in [0.1, 0.15) is 0 Å². The van der Waals surface area contributed by atoms with Gasteiger partial charge in [0.2, 0.25) is 0 Å². The van der Waals surface area contributed by atoms with Crippen molar-refractivity contribution in [2.45, 2.75) is 0 Å². The van der Waals surface area contributed by atoms with Crippen molar-refractivity contribution in [3.05, 3.63) is 50.9 Å². The Morgan fingerprint density at radius 1 is 1.05 bits per heavy atom. The van der Waals surface area contributed by atoms with E-state index in [2.05, 4.69) is 4.98 Å². The topological polar surface area (TPSA) is 78.2 Å². The van der Waals surface area contributed by atoms with Gasteiger partial charge in [-0.05, 0) is 24.3 Å². The van der Waals surface area contributed by atoms with E-state index in [1.807, 2.05) is 0 Å². The molecule has 3 N–H and O–H groups in total. The van der Waals surface area contributed by atoms with Crippen molar-refractivity contribution in [3.8, 4) is 17.2 Å². The summed E-state index contributed by atoms with van der Waals surface area (Å²) in [5.74, 6) is -0.520. The number of halogens is 2. The van der Waals surface area contributed by atoms with E-state index in [0.717, 1.165) is 6.07 Å². The number of benzene rings is 2. The van der Waals surface area contributed by atoms with Crippen molar-refractivity contribution in [2.75, 3.05) is 0 Å². The van der Waals surface area contributed by atoms with Crippen LogP contribution < -0.4 is 5.69 Å². The van der Waals surface area contributed by atoms with Gasteiger partial charge < -0.3 is 15.2 Å². The van der Waals surface area contributed by atoms with Crippen molar-refractivity contribution >= 4 is 34.2 Å². The van der Waals surface area contributed by atoms with Crippen molar-refractivity contribution in [3.63, 3.8) is 0 Å². The number of phenols is 2. The molecule has 7 heteroatoms. The molecule has 1 heterocycles. The lowest BCUT2D eigenvalue weighted by molar-refractivity contribution is 0.449. The molecule has 0 saturated heterocycles. The molecule has 5 nitrogen and oxygen atoms in total. The first-order chi connectivity index (χ1) is 9.47. The summed E-state index contributed by atoms with van der Waals surface area (Å²) in [6.45, 7) is 0. The highest BCUT2D eigenvalue weighted by atomic mass is 35.5. The Kier molecular flexibility index (Phi) is 2.88. The average Bonchev–Trinajstić information content (AvgIpc) is 2.69. The number of nitrogens with zero attached hydrogens (tertiary/aromatic N) is 1. The standard InChI is InChI=1S/C13H8Cl2N2O3/c14-6-1-2-9-8(3-6)16-13(20)17(9)10-4-7(15)11(18)5-12(10)19/h1-5,18-19H,(H,16,20). The third kappa shape index (κ3) is 1.92. The molecule has 0 fully saturated rings. The highest BCUT2D eigenvalue weighted by Crippen LogP contribution is 2.34. The minimum Gasteiger partial charge on any atom is -0.506 e. The van der Waals surface area contributed by atoms with Gasteiger partial charge >= 0.3 is 5.69 Å². The van der Waals surface area contributed by atoms with E-state index in [9.17, 15) is 15.0 Å². The maximum absolute atomic E-state index is 12.0. The van der Waals surface area contributed by atoms with Crippen molar-refractivity contribution in [1.82, 2.24) is 9.55 Å². The molecule has 3 aromatic rings. The largest absolute Gasteiger partial charge is 0.506 e. The molecule has 0 aliphatic heterocycles. The summed E-state index contributed by atoms with van der Waals surface area (Å²) in [7, 11) is 0. The van der Waals surface area contributed by atoms with Gasteiger partial charge in [0.15, 0.2) is 0 Å². The second-order valence-corrected chi connectivity index (χ2v) is 5.06. The number of hydrogen-bond acceptors (Lipinski definition) is 3. The molecule has 0 aliphatic rings. The average molecular weight is 311 g/mol. The zero-order valence-corrected chi connectivity index (χ0v) is 11.4. The zero-order chi connectivity index (χ0) is 14.4. The molecule has 3 rings (SSSR count). The summed E-state index contributed by atoms with van der Waals surface area (Å²) < 4.78 is 1.26. The minimum absolute atomic E-state index is 0.0352. The molecule has 1 aromatic heterocycles. The van der Waals surface area contributed by atoms with Crippen LogP contribution in [0.4, 0.5) is 0 Å². The van der Waals surface area contributed by atoms with Crippen LogP contribution in [-0.4, -0.2) is 19.8 Å². The van der Waals surface area contributed by atoms with Gasteiger partial charge in [0.05, 0.1) is 21.7 Å². The van der Waals surface area contributed by atoms with Crippen molar-refractivity contribution in [2.24, 2.45) is 0 Å². The van der Waals surface area contributed by atoms with Crippen LogP contribution in [-0.2, 0) is 0 Å². The Morgan fingerprint density at radius 3 is 2.55 bits per heavy atom. The van der Waals surface area contributed by atoms with Gasteiger partial charge in [0.1, 0.15) is 11.5 Å². The SMILES string of the molecule is O=c1[nH]c2cc(Cl)ccc2n1-c1cc(Cl)c(O)cc1O. The number of H-pyrrole nitrogens is 1.